The fourth-order valence-corrected chi connectivity index (χ4v) is 4.44. The maximum absolute atomic E-state index is 6.21. The number of ether oxygens (including phenoxy) is 1. The summed E-state index contributed by atoms with van der Waals surface area (Å²) in [4.78, 5) is 14.6. The summed E-state index contributed by atoms with van der Waals surface area (Å²) in [6.45, 7) is 0. The molecule has 0 bridgehead atoms. The lowest BCUT2D eigenvalue weighted by atomic mass is 9.84. The van der Waals surface area contributed by atoms with E-state index in [9.17, 15) is 0 Å². The van der Waals surface area contributed by atoms with Gasteiger partial charge in [0.15, 0.2) is 17.5 Å². The Balaban J connectivity index is 1.52. The van der Waals surface area contributed by atoms with Crippen LogP contribution < -0.4 is 4.74 Å². The molecule has 2 heterocycles. The zero-order valence-electron chi connectivity index (χ0n) is 17.0. The van der Waals surface area contributed by atoms with Crippen molar-refractivity contribution in [3.63, 3.8) is 0 Å². The van der Waals surface area contributed by atoms with Crippen molar-refractivity contribution in [1.82, 2.24) is 15.0 Å². The summed E-state index contributed by atoms with van der Waals surface area (Å²) in [7, 11) is 0. The standard InChI is InChI=1S/C27H18ClN3O/c28-19-14-15-20-23(16-19)32-22-13-7-12-21(24(20)22)27-30-25(17-8-3-1-4-9-17)29-26(31-27)18-10-5-2-6-11-18/h1-16,22,24H. The average molecular weight is 436 g/mol. The van der Waals surface area contributed by atoms with Crippen LogP contribution in [0.1, 0.15) is 17.3 Å². The summed E-state index contributed by atoms with van der Waals surface area (Å²) in [6, 6.07) is 25.8. The molecule has 154 valence electrons. The Kier molecular flexibility index (Phi) is 4.58. The van der Waals surface area contributed by atoms with E-state index in [4.69, 9.17) is 31.3 Å². The molecule has 32 heavy (non-hydrogen) atoms. The minimum Gasteiger partial charge on any atom is -0.485 e. The molecule has 4 nitrogen and oxygen atoms in total. The number of benzene rings is 3. The molecule has 2 aliphatic rings. The maximum Gasteiger partial charge on any atom is 0.164 e. The molecule has 0 fully saturated rings. The van der Waals surface area contributed by atoms with Gasteiger partial charge in [-0.25, -0.2) is 15.0 Å². The highest BCUT2D eigenvalue weighted by Gasteiger charge is 2.38. The molecule has 0 saturated heterocycles. The number of allylic oxidation sites excluding steroid dienone is 2. The Morgan fingerprint density at radius 3 is 2.00 bits per heavy atom. The molecule has 2 atom stereocenters. The second kappa shape index (κ2) is 7.74. The van der Waals surface area contributed by atoms with E-state index in [0.717, 1.165) is 28.0 Å². The van der Waals surface area contributed by atoms with Gasteiger partial charge in [-0.15, -0.1) is 0 Å². The van der Waals surface area contributed by atoms with Crippen molar-refractivity contribution in [2.75, 3.05) is 0 Å². The molecule has 3 aromatic carbocycles. The molecule has 6 rings (SSSR count). The van der Waals surface area contributed by atoms with Gasteiger partial charge >= 0.3 is 0 Å². The molecule has 2 unspecified atom stereocenters. The van der Waals surface area contributed by atoms with Crippen LogP contribution in [0.25, 0.3) is 28.3 Å². The van der Waals surface area contributed by atoms with E-state index in [1.54, 1.807) is 0 Å². The number of fused-ring (bicyclic) bond motifs is 3. The van der Waals surface area contributed by atoms with Crippen molar-refractivity contribution in [3.05, 3.63) is 114 Å². The molecule has 0 N–H and O–H groups in total. The van der Waals surface area contributed by atoms with Crippen molar-refractivity contribution in [3.8, 4) is 28.5 Å². The third-order valence-electron chi connectivity index (χ3n) is 5.77. The molecule has 0 radical (unpaired) electrons. The van der Waals surface area contributed by atoms with Crippen LogP contribution in [0, 0.1) is 0 Å². The fourth-order valence-electron chi connectivity index (χ4n) is 4.28. The molecular formula is C27H18ClN3O. The highest BCUT2D eigenvalue weighted by molar-refractivity contribution is 6.30. The van der Waals surface area contributed by atoms with Crippen LogP contribution in [0.2, 0.25) is 5.02 Å². The van der Waals surface area contributed by atoms with Crippen LogP contribution >= 0.6 is 11.6 Å². The topological polar surface area (TPSA) is 47.9 Å². The number of hydrogen-bond acceptors (Lipinski definition) is 4. The van der Waals surface area contributed by atoms with Crippen LogP contribution in [0.15, 0.2) is 97.1 Å². The van der Waals surface area contributed by atoms with Crippen molar-refractivity contribution >= 4 is 17.2 Å². The third kappa shape index (κ3) is 3.29. The van der Waals surface area contributed by atoms with Gasteiger partial charge in [-0.2, -0.15) is 0 Å². The van der Waals surface area contributed by atoms with Crippen LogP contribution in [-0.2, 0) is 0 Å². The minimum absolute atomic E-state index is 0.00177. The number of halogens is 1. The second-order valence-corrected chi connectivity index (χ2v) is 8.22. The van der Waals surface area contributed by atoms with E-state index in [0.29, 0.717) is 22.5 Å². The number of hydrogen-bond donors (Lipinski definition) is 0. The molecule has 1 aromatic heterocycles. The van der Waals surface area contributed by atoms with Crippen molar-refractivity contribution in [1.29, 1.82) is 0 Å². The molecule has 0 amide bonds. The van der Waals surface area contributed by atoms with Gasteiger partial charge in [-0.1, -0.05) is 90.5 Å². The summed E-state index contributed by atoms with van der Waals surface area (Å²) < 4.78 is 6.19. The number of nitrogens with zero attached hydrogens (tertiary/aromatic N) is 3. The van der Waals surface area contributed by atoms with Gasteiger partial charge < -0.3 is 4.74 Å². The first-order chi connectivity index (χ1) is 15.8. The highest BCUT2D eigenvalue weighted by atomic mass is 35.5. The van der Waals surface area contributed by atoms with E-state index >= 15 is 0 Å². The third-order valence-corrected chi connectivity index (χ3v) is 6.01. The summed E-state index contributed by atoms with van der Waals surface area (Å²) in [5.74, 6) is 2.77. The minimum atomic E-state index is -0.111. The predicted octanol–water partition coefficient (Wildman–Crippen LogP) is 6.36. The Morgan fingerprint density at radius 1 is 0.719 bits per heavy atom. The van der Waals surface area contributed by atoms with Gasteiger partial charge in [-0.05, 0) is 18.2 Å². The van der Waals surface area contributed by atoms with Crippen LogP contribution in [0.5, 0.6) is 5.75 Å². The Labute approximate surface area is 190 Å². The number of rotatable bonds is 3. The quantitative estimate of drug-likeness (QED) is 0.376. The predicted molar refractivity (Wildman–Crippen MR) is 126 cm³/mol. The van der Waals surface area contributed by atoms with Gasteiger partial charge in [0.05, 0.1) is 5.92 Å². The van der Waals surface area contributed by atoms with Crippen molar-refractivity contribution in [2.24, 2.45) is 0 Å². The second-order valence-electron chi connectivity index (χ2n) is 7.79. The van der Waals surface area contributed by atoms with E-state index in [1.165, 1.54) is 0 Å². The van der Waals surface area contributed by atoms with Gasteiger partial charge in [0.2, 0.25) is 0 Å². The zero-order valence-corrected chi connectivity index (χ0v) is 17.8. The molecular weight excluding hydrogens is 418 g/mol. The lowest BCUT2D eigenvalue weighted by molar-refractivity contribution is 0.271. The van der Waals surface area contributed by atoms with E-state index in [2.05, 4.69) is 12.2 Å². The number of aromatic nitrogens is 3. The van der Waals surface area contributed by atoms with E-state index in [-0.39, 0.29) is 12.0 Å². The fraction of sp³-hybridized carbons (Fsp3) is 0.0741. The lowest BCUT2D eigenvalue weighted by Crippen LogP contribution is -2.20. The van der Waals surface area contributed by atoms with Gasteiger partial charge in [0, 0.05) is 27.3 Å². The first-order valence-corrected chi connectivity index (χ1v) is 10.9. The summed E-state index contributed by atoms with van der Waals surface area (Å²) >= 11 is 6.21. The first kappa shape index (κ1) is 19.0. The molecule has 1 aliphatic heterocycles. The molecule has 0 spiro atoms. The SMILES string of the molecule is Clc1ccc2c(c1)OC1C=CC=C(c3nc(-c4ccccc4)nc(-c4ccccc4)n3)C21. The molecule has 1 aliphatic carbocycles. The summed E-state index contributed by atoms with van der Waals surface area (Å²) in [5.41, 5.74) is 4.01. The van der Waals surface area contributed by atoms with Gasteiger partial charge in [0.1, 0.15) is 11.9 Å². The zero-order chi connectivity index (χ0) is 21.5. The highest BCUT2D eigenvalue weighted by Crippen LogP contribution is 2.48. The largest absolute Gasteiger partial charge is 0.485 e. The monoisotopic (exact) mass is 435 g/mol. The Hall–Kier alpha value is -3.76. The lowest BCUT2D eigenvalue weighted by Gasteiger charge is -2.22. The van der Waals surface area contributed by atoms with Crippen molar-refractivity contribution < 1.29 is 4.74 Å². The van der Waals surface area contributed by atoms with Crippen LogP contribution in [0.3, 0.4) is 0 Å². The maximum atomic E-state index is 6.21. The van der Waals surface area contributed by atoms with Gasteiger partial charge in [0.25, 0.3) is 0 Å². The average Bonchev–Trinajstić information content (AvgIpc) is 3.22. The van der Waals surface area contributed by atoms with Crippen LogP contribution in [0.4, 0.5) is 0 Å². The smallest absolute Gasteiger partial charge is 0.164 e. The molecule has 5 heteroatoms. The van der Waals surface area contributed by atoms with Crippen molar-refractivity contribution in [2.45, 2.75) is 12.0 Å². The molecule has 4 aromatic rings. The van der Waals surface area contributed by atoms with Crippen LogP contribution in [-0.4, -0.2) is 21.1 Å². The van der Waals surface area contributed by atoms with E-state index in [1.807, 2.05) is 84.9 Å². The normalized spacial score (nSPS) is 18.5. The van der Waals surface area contributed by atoms with E-state index < -0.39 is 0 Å². The summed E-state index contributed by atoms with van der Waals surface area (Å²) in [5, 5.41) is 0.662. The Morgan fingerprint density at radius 2 is 1.34 bits per heavy atom. The van der Waals surface area contributed by atoms with Gasteiger partial charge in [-0.3, -0.25) is 0 Å². The summed E-state index contributed by atoms with van der Waals surface area (Å²) in [6.07, 6.45) is 6.05. The Bertz CT molecular complexity index is 1310. The molecule has 0 saturated carbocycles. The first-order valence-electron chi connectivity index (χ1n) is 10.5.